The Labute approximate surface area is 156 Å². The van der Waals surface area contributed by atoms with E-state index in [1.165, 1.54) is 0 Å². The van der Waals surface area contributed by atoms with E-state index in [4.69, 9.17) is 14.0 Å². The van der Waals surface area contributed by atoms with Gasteiger partial charge in [0.05, 0.1) is 36.7 Å². The van der Waals surface area contributed by atoms with Gasteiger partial charge in [0.1, 0.15) is 10.6 Å². The highest BCUT2D eigenvalue weighted by molar-refractivity contribution is 7.08. The molecule has 1 aliphatic rings. The Morgan fingerprint density at radius 1 is 1.42 bits per heavy atom. The molecule has 1 saturated heterocycles. The van der Waals surface area contributed by atoms with Crippen molar-refractivity contribution in [1.29, 1.82) is 0 Å². The van der Waals surface area contributed by atoms with E-state index in [1.807, 2.05) is 13.8 Å². The van der Waals surface area contributed by atoms with Crippen LogP contribution in [0.2, 0.25) is 0 Å². The first-order chi connectivity index (χ1) is 12.6. The molecule has 3 rings (SSSR count). The fourth-order valence-corrected chi connectivity index (χ4v) is 3.58. The smallest absolute Gasteiger partial charge is 0.265 e. The number of aromatic nitrogens is 3. The quantitative estimate of drug-likeness (QED) is 0.786. The molecule has 1 aliphatic heterocycles. The lowest BCUT2D eigenvalue weighted by atomic mass is 10.1. The topological polar surface area (TPSA) is 99.4 Å². The molecule has 0 unspecified atom stereocenters. The Morgan fingerprint density at radius 3 is 3.00 bits per heavy atom. The Balaban J connectivity index is 1.63. The van der Waals surface area contributed by atoms with Crippen molar-refractivity contribution in [2.45, 2.75) is 58.8 Å². The summed E-state index contributed by atoms with van der Waals surface area (Å²) in [5.41, 5.74) is 2.54. The number of hydrogen-bond donors (Lipinski definition) is 1. The lowest BCUT2D eigenvalue weighted by molar-refractivity contribution is -0.0608. The zero-order valence-electron chi connectivity index (χ0n) is 15.3. The van der Waals surface area contributed by atoms with E-state index in [0.717, 1.165) is 53.5 Å². The Kier molecular flexibility index (Phi) is 6.33. The number of rotatable bonds is 7. The first-order valence-corrected chi connectivity index (χ1v) is 9.60. The molecule has 26 heavy (non-hydrogen) atoms. The highest BCUT2D eigenvalue weighted by Crippen LogP contribution is 2.19. The van der Waals surface area contributed by atoms with E-state index in [9.17, 15) is 4.79 Å². The molecule has 1 N–H and O–H groups in total. The second-order valence-electron chi connectivity index (χ2n) is 6.39. The zero-order chi connectivity index (χ0) is 18.5. The zero-order valence-corrected chi connectivity index (χ0v) is 16.1. The van der Waals surface area contributed by atoms with Gasteiger partial charge in [0.25, 0.3) is 5.91 Å². The molecule has 2 aromatic heterocycles. The minimum Gasteiger partial charge on any atom is -0.379 e. The summed E-state index contributed by atoms with van der Waals surface area (Å²) in [6, 6.07) is -0.215. The van der Waals surface area contributed by atoms with Crippen LogP contribution in [0.3, 0.4) is 0 Å². The minimum absolute atomic E-state index is 0.128. The van der Waals surface area contributed by atoms with Gasteiger partial charge in [0, 0.05) is 12.2 Å². The van der Waals surface area contributed by atoms with Gasteiger partial charge in [-0.2, -0.15) is 0 Å². The van der Waals surface area contributed by atoms with Crippen molar-refractivity contribution < 1.29 is 18.8 Å². The number of hydrogen-bond acceptors (Lipinski definition) is 8. The second kappa shape index (κ2) is 8.70. The molecule has 1 amide bonds. The van der Waals surface area contributed by atoms with Crippen LogP contribution in [0.4, 0.5) is 0 Å². The molecule has 0 aromatic carbocycles. The molecule has 3 heterocycles. The van der Waals surface area contributed by atoms with Crippen LogP contribution in [-0.4, -0.2) is 46.0 Å². The van der Waals surface area contributed by atoms with Crippen LogP contribution in [0.25, 0.3) is 0 Å². The third-order valence-electron chi connectivity index (χ3n) is 4.48. The molecular weight excluding hydrogens is 356 g/mol. The van der Waals surface area contributed by atoms with Crippen molar-refractivity contribution in [3.05, 3.63) is 27.6 Å². The van der Waals surface area contributed by atoms with Gasteiger partial charge < -0.3 is 19.3 Å². The largest absolute Gasteiger partial charge is 0.379 e. The van der Waals surface area contributed by atoms with Gasteiger partial charge in [-0.3, -0.25) is 4.79 Å². The predicted octanol–water partition coefficient (Wildman–Crippen LogP) is 2.20. The highest BCUT2D eigenvalue weighted by Gasteiger charge is 2.30. The summed E-state index contributed by atoms with van der Waals surface area (Å²) in [7, 11) is 0. The molecule has 142 valence electrons. The molecule has 1 fully saturated rings. The van der Waals surface area contributed by atoms with E-state index >= 15 is 0 Å². The van der Waals surface area contributed by atoms with E-state index in [2.05, 4.69) is 27.0 Å². The maximum absolute atomic E-state index is 12.6. The molecule has 0 saturated carbocycles. The van der Waals surface area contributed by atoms with Gasteiger partial charge in [0.2, 0.25) is 0 Å². The van der Waals surface area contributed by atoms with E-state index < -0.39 is 0 Å². The normalized spacial score (nSPS) is 20.3. The summed E-state index contributed by atoms with van der Waals surface area (Å²) >= 11 is 1.13. The van der Waals surface area contributed by atoms with Crippen molar-refractivity contribution in [2.75, 3.05) is 13.2 Å². The Hall–Kier alpha value is -1.84. The predicted molar refractivity (Wildman–Crippen MR) is 95.1 cm³/mol. The van der Waals surface area contributed by atoms with Gasteiger partial charge in [-0.25, -0.2) is 0 Å². The number of amides is 1. The molecule has 8 nitrogen and oxygen atoms in total. The monoisotopic (exact) mass is 380 g/mol. The maximum atomic E-state index is 12.6. The first-order valence-electron chi connectivity index (χ1n) is 8.83. The SMILES string of the molecule is CCCc1nnsc1C(=O)N[C@@H]1COCC[C@@H]1OCc1c(C)noc1C. The summed E-state index contributed by atoms with van der Waals surface area (Å²) < 4.78 is 20.7. The van der Waals surface area contributed by atoms with Crippen LogP contribution >= 0.6 is 11.5 Å². The summed E-state index contributed by atoms with van der Waals surface area (Å²) in [5.74, 6) is 0.597. The molecule has 0 radical (unpaired) electrons. The molecular formula is C17H24N4O4S. The summed E-state index contributed by atoms with van der Waals surface area (Å²) in [6.45, 7) is 7.25. The average molecular weight is 380 g/mol. The fraction of sp³-hybridized carbons (Fsp3) is 0.647. The highest BCUT2D eigenvalue weighted by atomic mass is 32.1. The lowest BCUT2D eigenvalue weighted by Gasteiger charge is -2.32. The van der Waals surface area contributed by atoms with E-state index in [0.29, 0.717) is 24.7 Å². The summed E-state index contributed by atoms with van der Waals surface area (Å²) in [4.78, 5) is 13.2. The average Bonchev–Trinajstić information content (AvgIpc) is 3.22. The Bertz CT molecular complexity index is 725. The fourth-order valence-electron chi connectivity index (χ4n) is 2.97. The molecule has 0 spiro atoms. The van der Waals surface area contributed by atoms with Gasteiger partial charge in [-0.05, 0) is 38.2 Å². The van der Waals surface area contributed by atoms with Crippen LogP contribution in [0.15, 0.2) is 4.52 Å². The van der Waals surface area contributed by atoms with Crippen LogP contribution < -0.4 is 5.32 Å². The standard InChI is InChI=1S/C17H24N4O4S/c1-4-5-13-16(26-21-19-13)17(22)18-14-9-23-7-6-15(14)24-8-12-10(2)20-25-11(12)3/h14-15H,4-9H2,1-3H3,(H,18,22)/t14-,15+/m1/s1. The van der Waals surface area contributed by atoms with Crippen molar-refractivity contribution >= 4 is 17.4 Å². The van der Waals surface area contributed by atoms with Crippen LogP contribution in [0.5, 0.6) is 0 Å². The van der Waals surface area contributed by atoms with E-state index in [1.54, 1.807) is 0 Å². The number of nitrogens with one attached hydrogen (secondary N) is 1. The number of ether oxygens (including phenoxy) is 2. The number of aryl methyl sites for hydroxylation is 3. The van der Waals surface area contributed by atoms with Crippen molar-refractivity contribution in [2.24, 2.45) is 0 Å². The van der Waals surface area contributed by atoms with Gasteiger partial charge >= 0.3 is 0 Å². The second-order valence-corrected chi connectivity index (χ2v) is 7.15. The molecule has 2 atom stereocenters. The number of carbonyl (C=O) groups excluding carboxylic acids is 1. The van der Waals surface area contributed by atoms with Crippen LogP contribution in [0, 0.1) is 13.8 Å². The van der Waals surface area contributed by atoms with Crippen molar-refractivity contribution in [3.63, 3.8) is 0 Å². The molecule has 0 bridgehead atoms. The molecule has 9 heteroatoms. The third kappa shape index (κ3) is 4.28. The third-order valence-corrected chi connectivity index (χ3v) is 5.25. The van der Waals surface area contributed by atoms with Gasteiger partial charge in [-0.1, -0.05) is 23.0 Å². The first kappa shape index (κ1) is 18.9. The Morgan fingerprint density at radius 2 is 2.27 bits per heavy atom. The molecule has 0 aliphatic carbocycles. The minimum atomic E-state index is -0.215. The van der Waals surface area contributed by atoms with E-state index in [-0.39, 0.29) is 18.1 Å². The van der Waals surface area contributed by atoms with Gasteiger partial charge in [0.15, 0.2) is 0 Å². The number of nitrogens with zero attached hydrogens (tertiary/aromatic N) is 3. The summed E-state index contributed by atoms with van der Waals surface area (Å²) in [6.07, 6.45) is 2.25. The number of carbonyl (C=O) groups is 1. The van der Waals surface area contributed by atoms with Gasteiger partial charge in [-0.15, -0.1) is 5.10 Å². The van der Waals surface area contributed by atoms with Crippen molar-refractivity contribution in [3.8, 4) is 0 Å². The maximum Gasteiger partial charge on any atom is 0.265 e. The summed E-state index contributed by atoms with van der Waals surface area (Å²) in [5, 5.41) is 11.0. The van der Waals surface area contributed by atoms with Crippen LogP contribution in [-0.2, 0) is 22.5 Å². The molecule has 2 aromatic rings. The van der Waals surface area contributed by atoms with Crippen molar-refractivity contribution in [1.82, 2.24) is 20.1 Å². The van der Waals surface area contributed by atoms with Crippen LogP contribution in [0.1, 0.15) is 52.1 Å². The lowest BCUT2D eigenvalue weighted by Crippen LogP contribution is -2.50.